The lowest BCUT2D eigenvalue weighted by molar-refractivity contribution is 1.17. The Labute approximate surface area is 111 Å². The van der Waals surface area contributed by atoms with E-state index in [0.29, 0.717) is 5.88 Å². The van der Waals surface area contributed by atoms with Crippen LogP contribution in [0.4, 0.5) is 0 Å². The molecular weight excluding hydrogens is 264 g/mol. The normalized spacial score (nSPS) is 9.62. The van der Waals surface area contributed by atoms with Crippen molar-refractivity contribution < 1.29 is 0 Å². The molecule has 0 bridgehead atoms. The average Bonchev–Trinajstić information content (AvgIpc) is 2.30. The third kappa shape index (κ3) is 3.11. The van der Waals surface area contributed by atoms with Gasteiger partial charge in [-0.2, -0.15) is 0 Å². The Hall–Kier alpha value is -0.760. The lowest BCUT2D eigenvalue weighted by Gasteiger charge is -2.02. The van der Waals surface area contributed by atoms with Crippen LogP contribution in [0.15, 0.2) is 42.5 Å². The summed E-state index contributed by atoms with van der Waals surface area (Å²) in [6.07, 6.45) is 0. The number of hydrogen-bond donors (Lipinski definition) is 0. The summed E-state index contributed by atoms with van der Waals surface area (Å²) in [7, 11) is 0. The number of halogens is 3. The van der Waals surface area contributed by atoms with Crippen LogP contribution in [0.3, 0.4) is 0 Å². The zero-order valence-corrected chi connectivity index (χ0v) is 10.7. The molecule has 1 aromatic carbocycles. The Morgan fingerprint density at radius 1 is 1.00 bits per heavy atom. The van der Waals surface area contributed by atoms with Crippen LogP contribution in [0, 0.1) is 0 Å². The molecule has 1 aromatic heterocycles. The molecule has 0 saturated carbocycles. The first-order valence-electron chi connectivity index (χ1n) is 4.57. The van der Waals surface area contributed by atoms with Crippen molar-refractivity contribution >= 4 is 35.6 Å². The highest BCUT2D eigenvalue weighted by atomic mass is 35.5. The molecule has 0 aliphatic rings. The van der Waals surface area contributed by atoms with Gasteiger partial charge >= 0.3 is 0 Å². The average molecular weight is 275 g/mol. The Bertz CT molecular complexity index is 454. The fourth-order valence-corrected chi connectivity index (χ4v) is 1.61. The van der Waals surface area contributed by atoms with Crippen LogP contribution in [0.2, 0.25) is 5.02 Å². The van der Waals surface area contributed by atoms with Gasteiger partial charge in [-0.15, -0.1) is 24.0 Å². The molecule has 4 heteroatoms. The van der Waals surface area contributed by atoms with Crippen LogP contribution < -0.4 is 0 Å². The van der Waals surface area contributed by atoms with E-state index in [-0.39, 0.29) is 12.4 Å². The Morgan fingerprint density at radius 2 is 1.69 bits per heavy atom. The van der Waals surface area contributed by atoms with Crippen molar-refractivity contribution in [1.82, 2.24) is 4.98 Å². The van der Waals surface area contributed by atoms with E-state index < -0.39 is 0 Å². The first kappa shape index (κ1) is 13.3. The molecule has 0 unspecified atom stereocenters. The standard InChI is InChI=1S/C12H9Cl2N.ClH/c13-8-11-2-1-3-12(15-11)9-4-6-10(14)7-5-9;/h1-7H,8H2;1H. The van der Waals surface area contributed by atoms with Gasteiger partial charge in [-0.25, -0.2) is 0 Å². The van der Waals surface area contributed by atoms with Gasteiger partial charge in [-0.05, 0) is 24.3 Å². The zero-order valence-electron chi connectivity index (χ0n) is 8.36. The number of aromatic nitrogens is 1. The van der Waals surface area contributed by atoms with Crippen LogP contribution in [0.5, 0.6) is 0 Å². The van der Waals surface area contributed by atoms with Crippen molar-refractivity contribution in [2.75, 3.05) is 0 Å². The molecule has 0 amide bonds. The molecule has 84 valence electrons. The Balaban J connectivity index is 0.00000128. The van der Waals surface area contributed by atoms with Crippen LogP contribution >= 0.6 is 35.6 Å². The number of benzene rings is 1. The van der Waals surface area contributed by atoms with Crippen LogP contribution in [0.25, 0.3) is 11.3 Å². The second-order valence-corrected chi connectivity index (χ2v) is 3.86. The van der Waals surface area contributed by atoms with Crippen molar-refractivity contribution in [3.63, 3.8) is 0 Å². The van der Waals surface area contributed by atoms with Gasteiger partial charge < -0.3 is 0 Å². The lowest BCUT2D eigenvalue weighted by atomic mass is 10.1. The van der Waals surface area contributed by atoms with Gasteiger partial charge in [0.1, 0.15) is 0 Å². The van der Waals surface area contributed by atoms with Gasteiger partial charge in [0.15, 0.2) is 0 Å². The quantitative estimate of drug-likeness (QED) is 0.731. The molecule has 2 rings (SSSR count). The zero-order chi connectivity index (χ0) is 10.7. The molecule has 1 heterocycles. The fourth-order valence-electron chi connectivity index (χ4n) is 1.34. The molecule has 0 N–H and O–H groups in total. The summed E-state index contributed by atoms with van der Waals surface area (Å²) >= 11 is 11.5. The van der Waals surface area contributed by atoms with Gasteiger partial charge in [-0.1, -0.05) is 29.8 Å². The fraction of sp³-hybridized carbons (Fsp3) is 0.0833. The van der Waals surface area contributed by atoms with E-state index in [1.54, 1.807) is 0 Å². The van der Waals surface area contributed by atoms with E-state index in [2.05, 4.69) is 4.98 Å². The predicted octanol–water partition coefficient (Wildman–Crippen LogP) is 4.56. The summed E-state index contributed by atoms with van der Waals surface area (Å²) in [4.78, 5) is 4.42. The maximum atomic E-state index is 5.82. The van der Waals surface area contributed by atoms with Crippen molar-refractivity contribution in [2.45, 2.75) is 5.88 Å². The maximum Gasteiger partial charge on any atom is 0.0705 e. The van der Waals surface area contributed by atoms with Crippen molar-refractivity contribution in [3.8, 4) is 11.3 Å². The molecule has 0 atom stereocenters. The largest absolute Gasteiger partial charge is 0.252 e. The molecule has 0 spiro atoms. The van der Waals surface area contributed by atoms with E-state index in [4.69, 9.17) is 23.2 Å². The number of pyridine rings is 1. The van der Waals surface area contributed by atoms with Crippen molar-refractivity contribution in [3.05, 3.63) is 53.2 Å². The summed E-state index contributed by atoms with van der Waals surface area (Å²) in [6.45, 7) is 0. The highest BCUT2D eigenvalue weighted by molar-refractivity contribution is 6.30. The Morgan fingerprint density at radius 3 is 2.31 bits per heavy atom. The molecular formula is C12H10Cl3N. The van der Waals surface area contributed by atoms with Gasteiger partial charge in [0.05, 0.1) is 17.3 Å². The number of rotatable bonds is 2. The number of nitrogens with zero attached hydrogens (tertiary/aromatic N) is 1. The maximum absolute atomic E-state index is 5.82. The molecule has 2 aromatic rings. The van der Waals surface area contributed by atoms with Gasteiger partial charge in [0.2, 0.25) is 0 Å². The first-order valence-corrected chi connectivity index (χ1v) is 5.48. The monoisotopic (exact) mass is 273 g/mol. The second kappa shape index (κ2) is 6.09. The minimum Gasteiger partial charge on any atom is -0.252 e. The molecule has 0 aliphatic heterocycles. The van der Waals surface area contributed by atoms with E-state index in [0.717, 1.165) is 22.0 Å². The number of hydrogen-bond acceptors (Lipinski definition) is 1. The molecule has 0 saturated heterocycles. The van der Waals surface area contributed by atoms with Crippen LogP contribution in [-0.2, 0) is 5.88 Å². The van der Waals surface area contributed by atoms with E-state index in [1.165, 1.54) is 0 Å². The molecule has 16 heavy (non-hydrogen) atoms. The molecule has 0 aliphatic carbocycles. The summed E-state index contributed by atoms with van der Waals surface area (Å²) < 4.78 is 0. The lowest BCUT2D eigenvalue weighted by Crippen LogP contribution is -1.88. The van der Waals surface area contributed by atoms with Gasteiger partial charge in [-0.3, -0.25) is 4.98 Å². The van der Waals surface area contributed by atoms with E-state index >= 15 is 0 Å². The summed E-state index contributed by atoms with van der Waals surface area (Å²) in [5, 5.41) is 0.729. The topological polar surface area (TPSA) is 12.9 Å². The summed E-state index contributed by atoms with van der Waals surface area (Å²) in [5.41, 5.74) is 2.85. The minimum absolute atomic E-state index is 0. The smallest absolute Gasteiger partial charge is 0.0705 e. The van der Waals surface area contributed by atoms with Gasteiger partial charge in [0, 0.05) is 10.6 Å². The molecule has 0 radical (unpaired) electrons. The third-order valence-electron chi connectivity index (χ3n) is 2.08. The van der Waals surface area contributed by atoms with Crippen molar-refractivity contribution in [1.29, 1.82) is 0 Å². The first-order chi connectivity index (χ1) is 7.29. The minimum atomic E-state index is 0. The molecule has 0 fully saturated rings. The van der Waals surface area contributed by atoms with Crippen LogP contribution in [0.1, 0.15) is 5.69 Å². The van der Waals surface area contributed by atoms with E-state index in [1.807, 2.05) is 42.5 Å². The summed E-state index contributed by atoms with van der Waals surface area (Å²) in [6, 6.07) is 13.4. The SMILES string of the molecule is Cl.ClCc1cccc(-c2ccc(Cl)cc2)n1. The van der Waals surface area contributed by atoms with E-state index in [9.17, 15) is 0 Å². The second-order valence-electron chi connectivity index (χ2n) is 3.15. The predicted molar refractivity (Wildman–Crippen MR) is 71.5 cm³/mol. The molecule has 1 nitrogen and oxygen atoms in total. The van der Waals surface area contributed by atoms with Crippen molar-refractivity contribution in [2.24, 2.45) is 0 Å². The highest BCUT2D eigenvalue weighted by Crippen LogP contribution is 2.20. The van der Waals surface area contributed by atoms with Gasteiger partial charge in [0.25, 0.3) is 0 Å². The number of alkyl halides is 1. The van der Waals surface area contributed by atoms with Crippen LogP contribution in [-0.4, -0.2) is 4.98 Å². The third-order valence-corrected chi connectivity index (χ3v) is 2.61. The summed E-state index contributed by atoms with van der Waals surface area (Å²) in [5.74, 6) is 0.432. The highest BCUT2D eigenvalue weighted by Gasteiger charge is 2.00. The Kier molecular flexibility index (Phi) is 5.07.